The van der Waals surface area contributed by atoms with Gasteiger partial charge in [-0.3, -0.25) is 14.9 Å². The summed E-state index contributed by atoms with van der Waals surface area (Å²) in [5, 5.41) is 13.2. The Morgan fingerprint density at radius 1 is 1.55 bits per heavy atom. The average Bonchev–Trinajstić information content (AvgIpc) is 2.95. The predicted molar refractivity (Wildman–Crippen MR) is 70.5 cm³/mol. The second-order valence-electron chi connectivity index (χ2n) is 4.01. The van der Waals surface area contributed by atoms with Gasteiger partial charge in [0, 0.05) is 25.1 Å². The van der Waals surface area contributed by atoms with Gasteiger partial charge in [-0.2, -0.15) is 0 Å². The molecular formula is C8H11N5O5S2. The maximum Gasteiger partial charge on any atom is 0.306 e. The number of nitrogen functional groups attached to an aromatic ring is 1. The summed E-state index contributed by atoms with van der Waals surface area (Å²) in [6, 6.07) is 0.356. The Bertz CT molecular complexity index is 654. The van der Waals surface area contributed by atoms with Crippen molar-refractivity contribution in [2.45, 2.75) is 16.7 Å². The number of amides is 1. The van der Waals surface area contributed by atoms with Crippen LogP contribution in [0.3, 0.4) is 0 Å². The van der Waals surface area contributed by atoms with Crippen LogP contribution in [0.4, 0.5) is 10.7 Å². The molecular weight excluding hydrogens is 310 g/mol. The van der Waals surface area contributed by atoms with Crippen molar-refractivity contribution in [3.05, 3.63) is 16.2 Å². The Labute approximate surface area is 117 Å². The summed E-state index contributed by atoms with van der Waals surface area (Å²) in [6.45, 7) is 0.188. The van der Waals surface area contributed by atoms with Gasteiger partial charge in [-0.1, -0.05) is 11.3 Å². The minimum Gasteiger partial charge on any atom is -0.354 e. The number of carbonyl (C=O) groups excluding carboxylic acids is 1. The van der Waals surface area contributed by atoms with Crippen molar-refractivity contribution in [2.24, 2.45) is 5.84 Å². The standard InChI is InChI=1S/C8H11N5O5S2/c9-11-8-5(13(15)16)2-7(19-8)20(17,18)12-4-1-6(14)10-3-4/h2,4,11-12H,1,3,9H2,(H,10,14). The smallest absolute Gasteiger partial charge is 0.306 e. The van der Waals surface area contributed by atoms with Gasteiger partial charge in [-0.15, -0.1) is 0 Å². The van der Waals surface area contributed by atoms with E-state index in [1.807, 2.05) is 0 Å². The molecule has 20 heavy (non-hydrogen) atoms. The van der Waals surface area contributed by atoms with Crippen molar-refractivity contribution in [2.75, 3.05) is 12.0 Å². The summed E-state index contributed by atoms with van der Waals surface area (Å²) in [7, 11) is -3.94. The summed E-state index contributed by atoms with van der Waals surface area (Å²) in [6.07, 6.45) is 0.0364. The molecule has 0 aromatic carbocycles. The van der Waals surface area contributed by atoms with Gasteiger partial charge in [0.2, 0.25) is 5.91 Å². The molecule has 0 spiro atoms. The molecule has 1 aliphatic heterocycles. The fourth-order valence-corrected chi connectivity index (χ4v) is 4.19. The molecule has 12 heteroatoms. The molecule has 5 N–H and O–H groups in total. The largest absolute Gasteiger partial charge is 0.354 e. The van der Waals surface area contributed by atoms with Crippen LogP contribution < -0.4 is 21.3 Å². The van der Waals surface area contributed by atoms with E-state index < -0.39 is 26.7 Å². The topological polar surface area (TPSA) is 156 Å². The zero-order chi connectivity index (χ0) is 14.9. The molecule has 1 atom stereocenters. The number of hydrazine groups is 1. The Balaban J connectivity index is 2.25. The summed E-state index contributed by atoms with van der Waals surface area (Å²) >= 11 is 0.645. The predicted octanol–water partition coefficient (Wildman–Crippen LogP) is -0.891. The second kappa shape index (κ2) is 5.32. The number of nitrogens with one attached hydrogen (secondary N) is 3. The highest BCUT2D eigenvalue weighted by Gasteiger charge is 2.30. The van der Waals surface area contributed by atoms with Crippen molar-refractivity contribution in [3.63, 3.8) is 0 Å². The molecule has 1 saturated heterocycles. The Hall–Kier alpha value is -1.76. The van der Waals surface area contributed by atoms with Gasteiger partial charge in [0.05, 0.1) is 4.92 Å². The SMILES string of the molecule is NNc1sc(S(=O)(=O)NC2CNC(=O)C2)cc1[N+](=O)[O-]. The lowest BCUT2D eigenvalue weighted by Crippen LogP contribution is -2.35. The Kier molecular flexibility index (Phi) is 3.89. The minimum atomic E-state index is -3.94. The maximum atomic E-state index is 12.1. The third kappa shape index (κ3) is 2.87. The quantitative estimate of drug-likeness (QED) is 0.311. The van der Waals surface area contributed by atoms with Crippen LogP contribution >= 0.6 is 11.3 Å². The van der Waals surface area contributed by atoms with Gasteiger partial charge in [-0.25, -0.2) is 19.0 Å². The van der Waals surface area contributed by atoms with Gasteiger partial charge in [0.25, 0.3) is 10.0 Å². The average molecular weight is 321 g/mol. The summed E-state index contributed by atoms with van der Waals surface area (Å²) in [5.74, 6) is 4.86. The van der Waals surface area contributed by atoms with Crippen LogP contribution in [0.15, 0.2) is 10.3 Å². The molecule has 10 nitrogen and oxygen atoms in total. The molecule has 1 fully saturated rings. The monoisotopic (exact) mass is 321 g/mol. The van der Waals surface area contributed by atoms with Crippen molar-refractivity contribution in [1.82, 2.24) is 10.0 Å². The van der Waals surface area contributed by atoms with E-state index in [1.165, 1.54) is 0 Å². The highest BCUT2D eigenvalue weighted by Crippen LogP contribution is 2.36. The third-order valence-electron chi connectivity index (χ3n) is 2.58. The van der Waals surface area contributed by atoms with Gasteiger partial charge in [0.15, 0.2) is 5.00 Å². The Morgan fingerprint density at radius 2 is 2.25 bits per heavy atom. The lowest BCUT2D eigenvalue weighted by molar-refractivity contribution is -0.383. The first-order chi connectivity index (χ1) is 9.33. The van der Waals surface area contributed by atoms with E-state index in [9.17, 15) is 23.3 Å². The van der Waals surface area contributed by atoms with E-state index in [0.717, 1.165) is 6.07 Å². The van der Waals surface area contributed by atoms with Crippen molar-refractivity contribution in [1.29, 1.82) is 0 Å². The summed E-state index contributed by atoms with van der Waals surface area (Å²) in [4.78, 5) is 21.0. The van der Waals surface area contributed by atoms with Crippen molar-refractivity contribution >= 4 is 38.0 Å². The molecule has 1 aromatic heterocycles. The van der Waals surface area contributed by atoms with Crippen LogP contribution in [0, 0.1) is 10.1 Å². The van der Waals surface area contributed by atoms with E-state index in [2.05, 4.69) is 15.5 Å². The first-order valence-corrected chi connectivity index (χ1v) is 7.67. The first kappa shape index (κ1) is 14.6. The second-order valence-corrected chi connectivity index (χ2v) is 7.00. The number of rotatable bonds is 5. The number of nitrogens with two attached hydrogens (primary N) is 1. The Morgan fingerprint density at radius 3 is 2.70 bits per heavy atom. The van der Waals surface area contributed by atoms with E-state index >= 15 is 0 Å². The number of hydrogen-bond donors (Lipinski definition) is 4. The number of nitro groups is 1. The molecule has 2 rings (SSSR count). The molecule has 0 radical (unpaired) electrons. The fraction of sp³-hybridized carbons (Fsp3) is 0.375. The van der Waals surface area contributed by atoms with Gasteiger partial charge >= 0.3 is 5.69 Å². The molecule has 110 valence electrons. The van der Waals surface area contributed by atoms with Crippen LogP contribution in [0.2, 0.25) is 0 Å². The molecule has 0 bridgehead atoms. The number of hydrogen-bond acceptors (Lipinski definition) is 8. The zero-order valence-electron chi connectivity index (χ0n) is 9.95. The van der Waals surface area contributed by atoms with E-state index in [1.54, 1.807) is 0 Å². The first-order valence-electron chi connectivity index (χ1n) is 5.37. The fourth-order valence-electron chi connectivity index (χ4n) is 1.70. The molecule has 1 aromatic rings. The van der Waals surface area contributed by atoms with Crippen LogP contribution in [0.1, 0.15) is 6.42 Å². The number of anilines is 1. The number of carbonyl (C=O) groups is 1. The summed E-state index contributed by atoms with van der Waals surface area (Å²) < 4.78 is 26.2. The van der Waals surface area contributed by atoms with E-state index in [-0.39, 0.29) is 28.1 Å². The molecule has 1 unspecified atom stereocenters. The lowest BCUT2D eigenvalue weighted by Gasteiger charge is -2.09. The third-order valence-corrected chi connectivity index (χ3v) is 5.63. The molecule has 2 heterocycles. The van der Waals surface area contributed by atoms with Crippen LogP contribution in [-0.2, 0) is 14.8 Å². The van der Waals surface area contributed by atoms with Gasteiger partial charge in [0.1, 0.15) is 4.21 Å². The van der Waals surface area contributed by atoms with Crippen LogP contribution in [0.25, 0.3) is 0 Å². The summed E-state index contributed by atoms with van der Waals surface area (Å²) in [5.41, 5.74) is 1.67. The van der Waals surface area contributed by atoms with Crippen LogP contribution in [-0.4, -0.2) is 31.8 Å². The maximum absolute atomic E-state index is 12.1. The molecule has 0 saturated carbocycles. The highest BCUT2D eigenvalue weighted by molar-refractivity contribution is 7.91. The number of sulfonamides is 1. The lowest BCUT2D eigenvalue weighted by atomic mass is 10.3. The minimum absolute atomic E-state index is 0.0364. The molecule has 1 aliphatic rings. The zero-order valence-corrected chi connectivity index (χ0v) is 11.6. The van der Waals surface area contributed by atoms with E-state index in [0.29, 0.717) is 11.3 Å². The highest BCUT2D eigenvalue weighted by atomic mass is 32.2. The van der Waals surface area contributed by atoms with Gasteiger partial charge < -0.3 is 10.7 Å². The van der Waals surface area contributed by atoms with E-state index in [4.69, 9.17) is 5.84 Å². The van der Waals surface area contributed by atoms with Crippen LogP contribution in [0.5, 0.6) is 0 Å². The normalized spacial score (nSPS) is 18.9. The number of nitrogens with zero attached hydrogens (tertiary/aromatic N) is 1. The van der Waals surface area contributed by atoms with Gasteiger partial charge in [-0.05, 0) is 0 Å². The molecule has 1 amide bonds. The number of thiophene rings is 1. The molecule has 0 aliphatic carbocycles. The van der Waals surface area contributed by atoms with Crippen molar-refractivity contribution < 1.29 is 18.1 Å². The van der Waals surface area contributed by atoms with Crippen molar-refractivity contribution in [3.8, 4) is 0 Å².